The van der Waals surface area contributed by atoms with Crippen molar-refractivity contribution in [2.75, 3.05) is 0 Å². The predicted octanol–water partition coefficient (Wildman–Crippen LogP) is 2.67. The second-order valence-electron chi connectivity index (χ2n) is 2.23. The van der Waals surface area contributed by atoms with E-state index in [1.165, 1.54) is 0 Å². The van der Waals surface area contributed by atoms with Crippen molar-refractivity contribution in [1.82, 2.24) is 0 Å². The minimum absolute atomic E-state index is 0.210. The highest BCUT2D eigenvalue weighted by Crippen LogP contribution is 2.25. The van der Waals surface area contributed by atoms with Gasteiger partial charge in [0.25, 0.3) is 0 Å². The summed E-state index contributed by atoms with van der Waals surface area (Å²) in [4.78, 5) is 0. The summed E-state index contributed by atoms with van der Waals surface area (Å²) in [7, 11) is 0. The Balaban J connectivity index is 3.16. The fourth-order valence-electron chi connectivity index (χ4n) is 0.804. The fraction of sp³-hybridized carbons (Fsp3) is 0.125. The van der Waals surface area contributed by atoms with E-state index in [9.17, 15) is 5.11 Å². The van der Waals surface area contributed by atoms with Crippen LogP contribution in [0.1, 0.15) is 5.56 Å². The summed E-state index contributed by atoms with van der Waals surface area (Å²) in [6, 6.07) is 5.52. The molecule has 0 bridgehead atoms. The van der Waals surface area contributed by atoms with Crippen LogP contribution in [0.4, 0.5) is 0 Å². The van der Waals surface area contributed by atoms with Gasteiger partial charge >= 0.3 is 0 Å². The standard InChI is InChI=1S/C8H5I2NO/c9-6-3-5(1-2-11)8(12)4-7(6)10/h3-4,12H,1H2. The third-order valence-corrected chi connectivity index (χ3v) is 4.21. The number of nitriles is 1. The van der Waals surface area contributed by atoms with Gasteiger partial charge in [-0.15, -0.1) is 0 Å². The van der Waals surface area contributed by atoms with Crippen molar-refractivity contribution in [1.29, 1.82) is 5.26 Å². The lowest BCUT2D eigenvalue weighted by atomic mass is 10.1. The molecule has 0 radical (unpaired) electrons. The number of phenolic OH excluding ortho intramolecular Hbond substituents is 1. The number of benzene rings is 1. The van der Waals surface area contributed by atoms with Gasteiger partial charge in [0.2, 0.25) is 0 Å². The Labute approximate surface area is 97.9 Å². The molecule has 1 aromatic rings. The molecule has 0 aliphatic heterocycles. The van der Waals surface area contributed by atoms with Crippen molar-refractivity contribution >= 4 is 45.2 Å². The summed E-state index contributed by atoms with van der Waals surface area (Å²) in [6.07, 6.45) is 0.263. The van der Waals surface area contributed by atoms with Crippen LogP contribution < -0.4 is 0 Å². The van der Waals surface area contributed by atoms with Crippen LogP contribution in [0.3, 0.4) is 0 Å². The van der Waals surface area contributed by atoms with Gasteiger partial charge in [0.05, 0.1) is 12.5 Å². The third-order valence-electron chi connectivity index (χ3n) is 1.39. The van der Waals surface area contributed by atoms with Crippen molar-refractivity contribution in [3.8, 4) is 11.8 Å². The Morgan fingerprint density at radius 2 is 1.92 bits per heavy atom. The Hall–Kier alpha value is -0.0300. The van der Waals surface area contributed by atoms with Crippen LogP contribution in [0.2, 0.25) is 0 Å². The summed E-state index contributed by atoms with van der Waals surface area (Å²) >= 11 is 4.32. The molecule has 0 fully saturated rings. The van der Waals surface area contributed by atoms with Crippen LogP contribution in [-0.4, -0.2) is 5.11 Å². The quantitative estimate of drug-likeness (QED) is 0.756. The molecule has 0 spiro atoms. The van der Waals surface area contributed by atoms with E-state index in [1.54, 1.807) is 6.07 Å². The highest BCUT2D eigenvalue weighted by atomic mass is 127. The third kappa shape index (κ3) is 2.23. The lowest BCUT2D eigenvalue weighted by Gasteiger charge is -2.02. The topological polar surface area (TPSA) is 44.0 Å². The fourth-order valence-corrected chi connectivity index (χ4v) is 1.79. The molecule has 1 rings (SSSR count). The van der Waals surface area contributed by atoms with Gasteiger partial charge in [0, 0.05) is 12.7 Å². The second kappa shape index (κ2) is 4.28. The highest BCUT2D eigenvalue weighted by molar-refractivity contribution is 14.1. The first kappa shape index (κ1) is 10.1. The van der Waals surface area contributed by atoms with Crippen LogP contribution in [0.25, 0.3) is 0 Å². The zero-order valence-corrected chi connectivity index (χ0v) is 10.3. The van der Waals surface area contributed by atoms with E-state index in [2.05, 4.69) is 45.2 Å². The number of hydrogen-bond acceptors (Lipinski definition) is 2. The maximum absolute atomic E-state index is 9.39. The Bertz CT molecular complexity index is 344. The Morgan fingerprint density at radius 3 is 2.50 bits per heavy atom. The Kier molecular flexibility index (Phi) is 3.58. The van der Waals surface area contributed by atoms with E-state index in [0.29, 0.717) is 5.56 Å². The zero-order valence-electron chi connectivity index (χ0n) is 6.01. The van der Waals surface area contributed by atoms with E-state index < -0.39 is 0 Å². The van der Waals surface area contributed by atoms with Crippen LogP contribution in [0.15, 0.2) is 12.1 Å². The normalized spacial score (nSPS) is 9.42. The molecule has 0 amide bonds. The van der Waals surface area contributed by atoms with Crippen LogP contribution >= 0.6 is 45.2 Å². The largest absolute Gasteiger partial charge is 0.508 e. The number of nitrogens with zero attached hydrogens (tertiary/aromatic N) is 1. The van der Waals surface area contributed by atoms with Crippen LogP contribution in [-0.2, 0) is 6.42 Å². The first-order chi connectivity index (χ1) is 5.65. The minimum atomic E-state index is 0.210. The van der Waals surface area contributed by atoms with Crippen molar-refractivity contribution in [3.63, 3.8) is 0 Å². The van der Waals surface area contributed by atoms with Crippen molar-refractivity contribution in [3.05, 3.63) is 24.8 Å². The molecule has 0 unspecified atom stereocenters. The number of rotatable bonds is 1. The van der Waals surface area contributed by atoms with Gasteiger partial charge in [0.15, 0.2) is 0 Å². The molecule has 4 heteroatoms. The molecule has 1 aromatic carbocycles. The first-order valence-corrected chi connectivity index (χ1v) is 5.34. The predicted molar refractivity (Wildman–Crippen MR) is 62.9 cm³/mol. The molecule has 0 aliphatic carbocycles. The van der Waals surface area contributed by atoms with Crippen molar-refractivity contribution in [2.45, 2.75) is 6.42 Å². The molecule has 2 nitrogen and oxygen atoms in total. The summed E-state index contributed by atoms with van der Waals surface area (Å²) in [6.45, 7) is 0. The average Bonchev–Trinajstić information content (AvgIpc) is 2.01. The Morgan fingerprint density at radius 1 is 1.33 bits per heavy atom. The van der Waals surface area contributed by atoms with Gasteiger partial charge in [-0.2, -0.15) is 5.26 Å². The maximum atomic E-state index is 9.39. The SMILES string of the molecule is N#CCc1cc(I)c(I)cc1O. The summed E-state index contributed by atoms with van der Waals surface area (Å²) in [5.41, 5.74) is 0.697. The number of aromatic hydroxyl groups is 1. The lowest BCUT2D eigenvalue weighted by molar-refractivity contribution is 0.469. The molecule has 62 valence electrons. The van der Waals surface area contributed by atoms with Gasteiger partial charge in [-0.1, -0.05) is 0 Å². The average molecular weight is 385 g/mol. The molecule has 0 aromatic heterocycles. The second-order valence-corrected chi connectivity index (χ2v) is 4.55. The number of phenols is 1. The molecule has 0 aliphatic rings. The molecular formula is C8H5I2NO. The van der Waals surface area contributed by atoms with Crippen LogP contribution in [0, 0.1) is 18.5 Å². The molecular weight excluding hydrogens is 380 g/mol. The highest BCUT2D eigenvalue weighted by Gasteiger charge is 2.04. The van der Waals surface area contributed by atoms with Crippen molar-refractivity contribution < 1.29 is 5.11 Å². The molecule has 0 heterocycles. The van der Waals surface area contributed by atoms with Crippen molar-refractivity contribution in [2.24, 2.45) is 0 Å². The summed E-state index contributed by atoms with van der Waals surface area (Å²) < 4.78 is 2.07. The molecule has 0 atom stereocenters. The molecule has 0 saturated heterocycles. The molecule has 1 N–H and O–H groups in total. The summed E-state index contributed by atoms with van der Waals surface area (Å²) in [5, 5.41) is 17.8. The van der Waals surface area contributed by atoms with Gasteiger partial charge in [-0.3, -0.25) is 0 Å². The van der Waals surface area contributed by atoms with E-state index in [0.717, 1.165) is 7.14 Å². The van der Waals surface area contributed by atoms with Gasteiger partial charge in [-0.25, -0.2) is 0 Å². The summed E-state index contributed by atoms with van der Waals surface area (Å²) in [5.74, 6) is 0.210. The van der Waals surface area contributed by atoms with E-state index in [-0.39, 0.29) is 12.2 Å². The zero-order chi connectivity index (χ0) is 9.14. The van der Waals surface area contributed by atoms with Gasteiger partial charge in [0.1, 0.15) is 5.75 Å². The van der Waals surface area contributed by atoms with Gasteiger partial charge in [-0.05, 0) is 57.3 Å². The van der Waals surface area contributed by atoms with Gasteiger partial charge < -0.3 is 5.11 Å². The number of halogens is 2. The lowest BCUT2D eigenvalue weighted by Crippen LogP contribution is -1.87. The maximum Gasteiger partial charge on any atom is 0.120 e. The monoisotopic (exact) mass is 385 g/mol. The molecule has 12 heavy (non-hydrogen) atoms. The molecule has 0 saturated carbocycles. The van der Waals surface area contributed by atoms with Crippen LogP contribution in [0.5, 0.6) is 5.75 Å². The minimum Gasteiger partial charge on any atom is -0.508 e. The van der Waals surface area contributed by atoms with E-state index in [1.807, 2.05) is 12.1 Å². The smallest absolute Gasteiger partial charge is 0.120 e. The van der Waals surface area contributed by atoms with E-state index >= 15 is 0 Å². The number of hydrogen-bond donors (Lipinski definition) is 1. The first-order valence-electron chi connectivity index (χ1n) is 3.19. The van der Waals surface area contributed by atoms with E-state index in [4.69, 9.17) is 5.26 Å².